The molecule has 2 aromatic carbocycles. The average molecular weight is 402 g/mol. The molecule has 3 aromatic rings. The highest BCUT2D eigenvalue weighted by molar-refractivity contribution is 5.94. The zero-order valence-electron chi connectivity index (χ0n) is 16.2. The van der Waals surface area contributed by atoms with E-state index in [9.17, 15) is 14.4 Å². The van der Waals surface area contributed by atoms with E-state index in [0.29, 0.717) is 38.0 Å². The van der Waals surface area contributed by atoms with Crippen molar-refractivity contribution in [3.63, 3.8) is 0 Å². The SMILES string of the molecule is N#Cc1nc(/C=C/c2ccccc2)oc1N1CCN(C(=O)c2ccccc2F)CC1. The van der Waals surface area contributed by atoms with E-state index < -0.39 is 5.82 Å². The maximum Gasteiger partial charge on any atom is 0.256 e. The summed E-state index contributed by atoms with van der Waals surface area (Å²) in [4.78, 5) is 20.3. The summed E-state index contributed by atoms with van der Waals surface area (Å²) in [6, 6.07) is 17.7. The molecule has 0 N–H and O–H groups in total. The van der Waals surface area contributed by atoms with E-state index in [4.69, 9.17) is 4.42 Å². The standard InChI is InChI=1S/C23H19FN4O2/c24-19-9-5-4-8-18(19)22(29)27-12-14-28(15-13-27)23-20(16-25)26-21(30-23)11-10-17-6-2-1-3-7-17/h1-11H,12-15H2/b11-10+. The zero-order chi connectivity index (χ0) is 20.9. The Morgan fingerprint density at radius 3 is 2.43 bits per heavy atom. The summed E-state index contributed by atoms with van der Waals surface area (Å²) in [7, 11) is 0. The minimum absolute atomic E-state index is 0.0664. The average Bonchev–Trinajstić information content (AvgIpc) is 3.22. The summed E-state index contributed by atoms with van der Waals surface area (Å²) < 4.78 is 19.7. The highest BCUT2D eigenvalue weighted by Crippen LogP contribution is 2.24. The first-order valence-corrected chi connectivity index (χ1v) is 9.58. The summed E-state index contributed by atoms with van der Waals surface area (Å²) in [5, 5.41) is 9.44. The minimum atomic E-state index is -0.526. The number of carbonyl (C=O) groups excluding carboxylic acids is 1. The molecule has 30 heavy (non-hydrogen) atoms. The van der Waals surface area contributed by atoms with E-state index in [1.165, 1.54) is 12.1 Å². The molecule has 0 radical (unpaired) electrons. The van der Waals surface area contributed by atoms with Crippen LogP contribution in [0.5, 0.6) is 0 Å². The second kappa shape index (κ2) is 8.62. The van der Waals surface area contributed by atoms with Gasteiger partial charge in [-0.25, -0.2) is 4.39 Å². The third-order valence-corrected chi connectivity index (χ3v) is 4.91. The van der Waals surface area contributed by atoms with Crippen molar-refractivity contribution < 1.29 is 13.6 Å². The smallest absolute Gasteiger partial charge is 0.256 e. The fourth-order valence-corrected chi connectivity index (χ4v) is 3.34. The molecule has 0 saturated carbocycles. The quantitative estimate of drug-likeness (QED) is 0.663. The lowest BCUT2D eigenvalue weighted by atomic mass is 10.1. The Bertz CT molecular complexity index is 1110. The van der Waals surface area contributed by atoms with Crippen LogP contribution in [-0.2, 0) is 0 Å². The molecule has 1 aliphatic heterocycles. The third kappa shape index (κ3) is 4.08. The van der Waals surface area contributed by atoms with Crippen LogP contribution in [0, 0.1) is 17.1 Å². The van der Waals surface area contributed by atoms with E-state index in [-0.39, 0.29) is 17.2 Å². The van der Waals surface area contributed by atoms with E-state index in [1.807, 2.05) is 41.3 Å². The highest BCUT2D eigenvalue weighted by Gasteiger charge is 2.27. The third-order valence-electron chi connectivity index (χ3n) is 4.91. The molecule has 1 aromatic heterocycles. The number of amides is 1. The zero-order valence-corrected chi connectivity index (χ0v) is 16.2. The van der Waals surface area contributed by atoms with E-state index in [1.54, 1.807) is 23.1 Å². The molecule has 1 fully saturated rings. The second-order valence-electron chi connectivity index (χ2n) is 6.82. The summed E-state index contributed by atoms with van der Waals surface area (Å²) in [6.07, 6.45) is 3.58. The number of nitriles is 1. The predicted molar refractivity (Wildman–Crippen MR) is 111 cm³/mol. The maximum atomic E-state index is 13.9. The Kier molecular flexibility index (Phi) is 5.57. The van der Waals surface area contributed by atoms with Crippen LogP contribution < -0.4 is 4.90 Å². The number of aromatic nitrogens is 1. The van der Waals surface area contributed by atoms with Crippen LogP contribution in [-0.4, -0.2) is 42.0 Å². The maximum absolute atomic E-state index is 13.9. The molecule has 1 saturated heterocycles. The normalized spacial score (nSPS) is 14.1. The van der Waals surface area contributed by atoms with Gasteiger partial charge in [0.2, 0.25) is 17.5 Å². The van der Waals surface area contributed by atoms with Crippen molar-refractivity contribution in [1.29, 1.82) is 5.26 Å². The van der Waals surface area contributed by atoms with E-state index >= 15 is 0 Å². The van der Waals surface area contributed by atoms with Gasteiger partial charge in [0, 0.05) is 32.3 Å². The molecular formula is C23H19FN4O2. The number of anilines is 1. The van der Waals surface area contributed by atoms with Gasteiger partial charge in [-0.15, -0.1) is 0 Å². The summed E-state index contributed by atoms with van der Waals surface area (Å²) >= 11 is 0. The molecule has 0 aliphatic carbocycles. The minimum Gasteiger partial charge on any atom is -0.420 e. The summed E-state index contributed by atoms with van der Waals surface area (Å²) in [6.45, 7) is 1.72. The molecule has 0 unspecified atom stereocenters. The number of nitrogens with zero attached hydrogens (tertiary/aromatic N) is 4. The summed E-state index contributed by atoms with van der Waals surface area (Å²) in [5.41, 5.74) is 1.27. The van der Waals surface area contributed by atoms with Gasteiger partial charge < -0.3 is 14.2 Å². The molecule has 1 amide bonds. The molecule has 0 bridgehead atoms. The van der Waals surface area contributed by atoms with Crippen molar-refractivity contribution in [1.82, 2.24) is 9.88 Å². The largest absolute Gasteiger partial charge is 0.420 e. The van der Waals surface area contributed by atoms with Gasteiger partial charge in [-0.05, 0) is 23.8 Å². The van der Waals surface area contributed by atoms with Crippen molar-refractivity contribution in [3.8, 4) is 6.07 Å². The molecule has 1 aliphatic rings. The number of benzene rings is 2. The number of rotatable bonds is 4. The lowest BCUT2D eigenvalue weighted by molar-refractivity contribution is 0.0740. The molecule has 150 valence electrons. The molecule has 2 heterocycles. The van der Waals surface area contributed by atoms with Crippen LogP contribution in [0.15, 0.2) is 59.0 Å². The number of hydrogen-bond acceptors (Lipinski definition) is 5. The van der Waals surface area contributed by atoms with Crippen LogP contribution in [0.1, 0.15) is 27.5 Å². The van der Waals surface area contributed by atoms with Crippen LogP contribution in [0.3, 0.4) is 0 Å². The fraction of sp³-hybridized carbons (Fsp3) is 0.174. The molecule has 0 spiro atoms. The van der Waals surface area contributed by atoms with Gasteiger partial charge in [0.05, 0.1) is 5.56 Å². The number of piperazine rings is 1. The van der Waals surface area contributed by atoms with Crippen molar-refractivity contribution >= 4 is 23.9 Å². The Labute approximate surface area is 173 Å². The fourth-order valence-electron chi connectivity index (χ4n) is 3.34. The second-order valence-corrected chi connectivity index (χ2v) is 6.82. The van der Waals surface area contributed by atoms with Gasteiger partial charge in [0.15, 0.2) is 0 Å². The topological polar surface area (TPSA) is 73.4 Å². The van der Waals surface area contributed by atoms with Crippen LogP contribution in [0.4, 0.5) is 10.3 Å². The Morgan fingerprint density at radius 1 is 1.03 bits per heavy atom. The molecular weight excluding hydrogens is 383 g/mol. The van der Waals surface area contributed by atoms with Gasteiger partial charge in [-0.2, -0.15) is 10.2 Å². The van der Waals surface area contributed by atoms with Gasteiger partial charge >= 0.3 is 0 Å². The molecule has 4 rings (SSSR count). The first-order valence-electron chi connectivity index (χ1n) is 9.58. The molecule has 7 heteroatoms. The van der Waals surface area contributed by atoms with Crippen molar-refractivity contribution in [2.45, 2.75) is 0 Å². The number of halogens is 1. The lowest BCUT2D eigenvalue weighted by Gasteiger charge is -2.34. The number of hydrogen-bond donors (Lipinski definition) is 0. The Hall–Kier alpha value is -3.92. The van der Waals surface area contributed by atoms with Crippen molar-refractivity contribution in [2.24, 2.45) is 0 Å². The highest BCUT2D eigenvalue weighted by atomic mass is 19.1. The Morgan fingerprint density at radius 2 is 1.73 bits per heavy atom. The monoisotopic (exact) mass is 402 g/mol. The van der Waals surface area contributed by atoms with Crippen LogP contribution in [0.2, 0.25) is 0 Å². The number of oxazole rings is 1. The van der Waals surface area contributed by atoms with Crippen LogP contribution in [0.25, 0.3) is 12.2 Å². The number of carbonyl (C=O) groups is 1. The first-order chi connectivity index (χ1) is 14.7. The van der Waals surface area contributed by atoms with Gasteiger partial charge in [0.1, 0.15) is 11.9 Å². The van der Waals surface area contributed by atoms with Crippen LogP contribution >= 0.6 is 0 Å². The van der Waals surface area contributed by atoms with E-state index in [0.717, 1.165) is 5.56 Å². The van der Waals surface area contributed by atoms with Crippen molar-refractivity contribution in [3.05, 3.63) is 83.1 Å². The van der Waals surface area contributed by atoms with Gasteiger partial charge in [-0.1, -0.05) is 42.5 Å². The van der Waals surface area contributed by atoms with Crippen molar-refractivity contribution in [2.75, 3.05) is 31.1 Å². The lowest BCUT2D eigenvalue weighted by Crippen LogP contribution is -2.49. The predicted octanol–water partition coefficient (Wildman–Crippen LogP) is 3.82. The first kappa shape index (κ1) is 19.4. The van der Waals surface area contributed by atoms with E-state index in [2.05, 4.69) is 11.1 Å². The van der Waals surface area contributed by atoms with Gasteiger partial charge in [0.25, 0.3) is 5.91 Å². The molecule has 0 atom stereocenters. The van der Waals surface area contributed by atoms with Gasteiger partial charge in [-0.3, -0.25) is 4.79 Å². The Balaban J connectivity index is 1.45. The summed E-state index contributed by atoms with van der Waals surface area (Å²) in [5.74, 6) is -0.127. The molecule has 6 nitrogen and oxygen atoms in total.